The summed E-state index contributed by atoms with van der Waals surface area (Å²) in [5.41, 5.74) is 2.87. The molecular formula is C15H20N2. The van der Waals surface area contributed by atoms with Gasteiger partial charge in [-0.1, -0.05) is 18.2 Å². The van der Waals surface area contributed by atoms with Crippen LogP contribution in [0.25, 0.3) is 0 Å². The molecule has 1 spiro atoms. The molecule has 2 aliphatic rings. The van der Waals surface area contributed by atoms with E-state index in [-0.39, 0.29) is 5.41 Å². The molecule has 1 aromatic carbocycles. The van der Waals surface area contributed by atoms with Crippen molar-refractivity contribution in [1.82, 2.24) is 4.90 Å². The second-order valence-corrected chi connectivity index (χ2v) is 5.56. The molecule has 2 aliphatic heterocycles. The predicted octanol–water partition coefficient (Wildman–Crippen LogP) is 3.14. The van der Waals surface area contributed by atoms with Crippen LogP contribution in [0.4, 0.5) is 5.69 Å². The highest BCUT2D eigenvalue weighted by Gasteiger charge is 2.39. The number of likely N-dealkylation sites (tertiary alicyclic amines) is 1. The zero-order valence-electron chi connectivity index (χ0n) is 10.7. The van der Waals surface area contributed by atoms with Crippen LogP contribution in [0.2, 0.25) is 0 Å². The van der Waals surface area contributed by atoms with E-state index in [9.17, 15) is 0 Å². The number of aliphatic imine (C=N–C) groups is 1. The van der Waals surface area contributed by atoms with Crippen molar-refractivity contribution >= 4 is 11.9 Å². The fourth-order valence-electron chi connectivity index (χ4n) is 3.11. The van der Waals surface area contributed by atoms with E-state index in [4.69, 9.17) is 0 Å². The number of hydrogen-bond acceptors (Lipinski definition) is 2. The molecule has 1 saturated heterocycles. The second-order valence-electron chi connectivity index (χ2n) is 5.56. The van der Waals surface area contributed by atoms with E-state index in [2.05, 4.69) is 54.2 Å². The maximum absolute atomic E-state index is 4.60. The van der Waals surface area contributed by atoms with Gasteiger partial charge >= 0.3 is 0 Å². The molecule has 0 unspecified atom stereocenters. The van der Waals surface area contributed by atoms with Gasteiger partial charge in [-0.3, -0.25) is 4.99 Å². The van der Waals surface area contributed by atoms with E-state index in [1.54, 1.807) is 0 Å². The zero-order chi connectivity index (χ0) is 11.9. The Labute approximate surface area is 103 Å². The average Bonchev–Trinajstić information content (AvgIpc) is 2.70. The Morgan fingerprint density at radius 1 is 1.18 bits per heavy atom. The summed E-state index contributed by atoms with van der Waals surface area (Å²) in [6.45, 7) is 6.96. The van der Waals surface area contributed by atoms with E-state index in [1.807, 2.05) is 0 Å². The van der Waals surface area contributed by atoms with Gasteiger partial charge in [0.2, 0.25) is 0 Å². The summed E-state index contributed by atoms with van der Waals surface area (Å²) in [6.07, 6.45) is 4.63. The van der Waals surface area contributed by atoms with Crippen LogP contribution in [-0.2, 0) is 5.41 Å². The van der Waals surface area contributed by atoms with E-state index in [0.717, 1.165) is 0 Å². The van der Waals surface area contributed by atoms with Gasteiger partial charge in [-0.05, 0) is 51.4 Å². The molecule has 0 saturated carbocycles. The molecule has 2 heteroatoms. The zero-order valence-corrected chi connectivity index (χ0v) is 10.7. The minimum absolute atomic E-state index is 0.238. The summed E-state index contributed by atoms with van der Waals surface area (Å²) in [6, 6.07) is 9.28. The number of rotatable bonds is 1. The standard InChI is InChI=1S/C15H20N2/c1-12(2)17-9-7-15(8-10-17)11-16-14-6-4-3-5-13(14)15/h3-6,11-12H,7-10H2,1-2H3. The van der Waals surface area contributed by atoms with Gasteiger partial charge in [0, 0.05) is 17.7 Å². The number of hydrogen-bond donors (Lipinski definition) is 0. The van der Waals surface area contributed by atoms with Gasteiger partial charge in [0.25, 0.3) is 0 Å². The number of benzene rings is 1. The summed E-state index contributed by atoms with van der Waals surface area (Å²) < 4.78 is 0. The van der Waals surface area contributed by atoms with Crippen LogP contribution < -0.4 is 0 Å². The summed E-state index contributed by atoms with van der Waals surface area (Å²) >= 11 is 0. The highest BCUT2D eigenvalue weighted by atomic mass is 15.2. The van der Waals surface area contributed by atoms with E-state index in [0.29, 0.717) is 6.04 Å². The third-order valence-electron chi connectivity index (χ3n) is 4.31. The lowest BCUT2D eigenvalue weighted by molar-refractivity contribution is 0.157. The molecule has 0 aromatic heterocycles. The molecule has 17 heavy (non-hydrogen) atoms. The Hall–Kier alpha value is -1.15. The van der Waals surface area contributed by atoms with Gasteiger partial charge in [0.15, 0.2) is 0 Å². The smallest absolute Gasteiger partial charge is 0.0667 e. The number of piperidine rings is 1. The molecular weight excluding hydrogens is 208 g/mol. The molecule has 0 radical (unpaired) electrons. The van der Waals surface area contributed by atoms with Gasteiger partial charge in [-0.25, -0.2) is 0 Å². The van der Waals surface area contributed by atoms with Crippen LogP contribution >= 0.6 is 0 Å². The highest BCUT2D eigenvalue weighted by molar-refractivity contribution is 5.85. The normalized spacial score (nSPS) is 22.3. The molecule has 2 nitrogen and oxygen atoms in total. The fraction of sp³-hybridized carbons (Fsp3) is 0.533. The highest BCUT2D eigenvalue weighted by Crippen LogP contribution is 2.43. The van der Waals surface area contributed by atoms with Crippen LogP contribution in [0.5, 0.6) is 0 Å². The summed E-state index contributed by atoms with van der Waals surface area (Å²) in [7, 11) is 0. The van der Waals surface area contributed by atoms with Crippen molar-refractivity contribution in [1.29, 1.82) is 0 Å². The largest absolute Gasteiger partial charge is 0.301 e. The van der Waals surface area contributed by atoms with Crippen molar-refractivity contribution < 1.29 is 0 Å². The lowest BCUT2D eigenvalue weighted by Crippen LogP contribution is -2.45. The SMILES string of the molecule is CC(C)N1CCC2(C=Nc3ccccc32)CC1. The van der Waals surface area contributed by atoms with E-state index < -0.39 is 0 Å². The molecule has 1 aromatic rings. The van der Waals surface area contributed by atoms with Crippen LogP contribution in [0.1, 0.15) is 32.3 Å². The van der Waals surface area contributed by atoms with Gasteiger partial charge < -0.3 is 4.90 Å². The predicted molar refractivity (Wildman–Crippen MR) is 72.2 cm³/mol. The monoisotopic (exact) mass is 228 g/mol. The van der Waals surface area contributed by atoms with E-state index >= 15 is 0 Å². The first-order valence-electron chi connectivity index (χ1n) is 6.60. The molecule has 1 fully saturated rings. The summed E-state index contributed by atoms with van der Waals surface area (Å²) in [4.78, 5) is 7.17. The van der Waals surface area contributed by atoms with Gasteiger partial charge in [-0.15, -0.1) is 0 Å². The quantitative estimate of drug-likeness (QED) is 0.721. The van der Waals surface area contributed by atoms with Crippen molar-refractivity contribution in [2.24, 2.45) is 4.99 Å². The van der Waals surface area contributed by atoms with Gasteiger partial charge in [0.05, 0.1) is 5.69 Å². The first-order valence-corrected chi connectivity index (χ1v) is 6.60. The minimum Gasteiger partial charge on any atom is -0.301 e. The average molecular weight is 228 g/mol. The Bertz CT molecular complexity index is 440. The summed E-state index contributed by atoms with van der Waals surface area (Å²) in [5.74, 6) is 0. The summed E-state index contributed by atoms with van der Waals surface area (Å²) in [5, 5.41) is 0. The van der Waals surface area contributed by atoms with Crippen LogP contribution in [0.15, 0.2) is 29.3 Å². The third-order valence-corrected chi connectivity index (χ3v) is 4.31. The lowest BCUT2D eigenvalue weighted by Gasteiger charge is -2.40. The molecule has 90 valence electrons. The molecule has 3 rings (SSSR count). The van der Waals surface area contributed by atoms with Crippen molar-refractivity contribution in [3.63, 3.8) is 0 Å². The van der Waals surface area contributed by atoms with Crippen LogP contribution in [-0.4, -0.2) is 30.2 Å². The van der Waals surface area contributed by atoms with Crippen molar-refractivity contribution in [2.75, 3.05) is 13.1 Å². The first-order chi connectivity index (χ1) is 8.21. The molecule has 0 bridgehead atoms. The lowest BCUT2D eigenvalue weighted by atomic mass is 9.74. The Balaban J connectivity index is 1.85. The molecule has 0 atom stereocenters. The van der Waals surface area contributed by atoms with Crippen LogP contribution in [0, 0.1) is 0 Å². The fourth-order valence-corrected chi connectivity index (χ4v) is 3.11. The second kappa shape index (κ2) is 3.95. The van der Waals surface area contributed by atoms with Gasteiger partial charge in [0.1, 0.15) is 0 Å². The van der Waals surface area contributed by atoms with Crippen molar-refractivity contribution in [2.45, 2.75) is 38.1 Å². The maximum Gasteiger partial charge on any atom is 0.0667 e. The van der Waals surface area contributed by atoms with Gasteiger partial charge in [-0.2, -0.15) is 0 Å². The first kappa shape index (κ1) is 11.0. The van der Waals surface area contributed by atoms with Crippen LogP contribution in [0.3, 0.4) is 0 Å². The topological polar surface area (TPSA) is 15.6 Å². The molecule has 2 heterocycles. The number of nitrogens with zero attached hydrogens (tertiary/aromatic N) is 2. The Kier molecular flexibility index (Phi) is 2.55. The van der Waals surface area contributed by atoms with Crippen molar-refractivity contribution in [3.8, 4) is 0 Å². The molecule has 0 N–H and O–H groups in total. The minimum atomic E-state index is 0.238. The molecule has 0 aliphatic carbocycles. The van der Waals surface area contributed by atoms with E-state index in [1.165, 1.54) is 37.2 Å². The number of para-hydroxylation sites is 1. The third kappa shape index (κ3) is 1.71. The van der Waals surface area contributed by atoms with Crippen molar-refractivity contribution in [3.05, 3.63) is 29.8 Å². The Morgan fingerprint density at radius 3 is 2.59 bits per heavy atom. The number of fused-ring (bicyclic) bond motifs is 2. The molecule has 0 amide bonds. The maximum atomic E-state index is 4.60. The Morgan fingerprint density at radius 2 is 1.88 bits per heavy atom.